The highest BCUT2D eigenvalue weighted by Crippen LogP contribution is 2.14. The Bertz CT molecular complexity index is 357. The highest BCUT2D eigenvalue weighted by atomic mass is 16.5. The molecular formula is C25H55N3O3. The number of aliphatic hydroxyl groups is 2. The number of nitrogens with one attached hydrogen (secondary N) is 1. The summed E-state index contributed by atoms with van der Waals surface area (Å²) in [4.78, 5) is 0. The Labute approximate surface area is 193 Å². The minimum absolute atomic E-state index is 0.0651. The van der Waals surface area contributed by atoms with Gasteiger partial charge in [-0.15, -0.1) is 0 Å². The zero-order chi connectivity index (χ0) is 23.2. The van der Waals surface area contributed by atoms with Crippen molar-refractivity contribution in [3.63, 3.8) is 0 Å². The first-order valence-electron chi connectivity index (χ1n) is 13.0. The van der Waals surface area contributed by atoms with Gasteiger partial charge in [0.05, 0.1) is 25.9 Å². The summed E-state index contributed by atoms with van der Waals surface area (Å²) in [6.07, 6.45) is 18.5. The quantitative estimate of drug-likeness (QED) is 0.147. The van der Waals surface area contributed by atoms with E-state index < -0.39 is 6.10 Å². The lowest BCUT2D eigenvalue weighted by Crippen LogP contribution is -2.52. The zero-order valence-electron chi connectivity index (χ0n) is 21.3. The van der Waals surface area contributed by atoms with Crippen molar-refractivity contribution in [1.29, 1.82) is 0 Å². The van der Waals surface area contributed by atoms with Gasteiger partial charge in [0.15, 0.2) is 0 Å². The molecule has 1 atom stereocenters. The minimum Gasteiger partial charge on any atom is -0.395 e. The van der Waals surface area contributed by atoms with E-state index in [1.54, 1.807) is 5.12 Å². The first-order chi connectivity index (χ1) is 15.0. The zero-order valence-corrected chi connectivity index (χ0v) is 21.3. The van der Waals surface area contributed by atoms with E-state index in [1.165, 1.54) is 83.5 Å². The maximum Gasteiger partial charge on any atom is 0.0928 e. The Morgan fingerprint density at radius 2 is 1.26 bits per heavy atom. The summed E-state index contributed by atoms with van der Waals surface area (Å²) >= 11 is 0. The highest BCUT2D eigenvalue weighted by molar-refractivity contribution is 4.58. The van der Waals surface area contributed by atoms with Gasteiger partial charge in [-0.05, 0) is 12.3 Å². The van der Waals surface area contributed by atoms with Crippen LogP contribution >= 0.6 is 0 Å². The van der Waals surface area contributed by atoms with Crippen molar-refractivity contribution in [2.75, 3.05) is 47.0 Å². The van der Waals surface area contributed by atoms with E-state index in [0.717, 1.165) is 18.9 Å². The molecule has 6 heteroatoms. The van der Waals surface area contributed by atoms with Crippen LogP contribution in [0.3, 0.4) is 0 Å². The fourth-order valence-electron chi connectivity index (χ4n) is 3.72. The number of rotatable bonds is 24. The van der Waals surface area contributed by atoms with Crippen LogP contribution in [-0.4, -0.2) is 73.4 Å². The van der Waals surface area contributed by atoms with Gasteiger partial charge in [0.1, 0.15) is 0 Å². The average molecular weight is 446 g/mol. The molecule has 3 N–H and O–H groups in total. The SMILES string of the molecule is CC(C)CCCCCCCCCCCCCCCOCC(O)CN(NCCO)N(C)C. The summed E-state index contributed by atoms with van der Waals surface area (Å²) in [6, 6.07) is 0. The third kappa shape index (κ3) is 22.7. The lowest BCUT2D eigenvalue weighted by Gasteiger charge is -2.30. The third-order valence-corrected chi connectivity index (χ3v) is 5.65. The fourth-order valence-corrected chi connectivity index (χ4v) is 3.72. The smallest absolute Gasteiger partial charge is 0.0928 e. The topological polar surface area (TPSA) is 68.2 Å². The molecule has 0 fully saturated rings. The Morgan fingerprint density at radius 3 is 1.71 bits per heavy atom. The maximum absolute atomic E-state index is 10.1. The lowest BCUT2D eigenvalue weighted by atomic mass is 10.0. The van der Waals surface area contributed by atoms with Crippen molar-refractivity contribution in [2.24, 2.45) is 5.92 Å². The van der Waals surface area contributed by atoms with Crippen molar-refractivity contribution in [3.8, 4) is 0 Å². The van der Waals surface area contributed by atoms with Crippen LogP contribution in [0, 0.1) is 5.92 Å². The molecule has 0 spiro atoms. The number of hydrazine groups is 2. The van der Waals surface area contributed by atoms with Gasteiger partial charge in [-0.2, -0.15) is 5.12 Å². The summed E-state index contributed by atoms with van der Waals surface area (Å²) in [7, 11) is 3.79. The van der Waals surface area contributed by atoms with Crippen molar-refractivity contribution in [3.05, 3.63) is 0 Å². The van der Waals surface area contributed by atoms with E-state index in [4.69, 9.17) is 9.84 Å². The number of nitrogens with zero attached hydrogens (tertiary/aromatic N) is 2. The van der Waals surface area contributed by atoms with Crippen LogP contribution in [0.5, 0.6) is 0 Å². The van der Waals surface area contributed by atoms with Crippen molar-refractivity contribution in [1.82, 2.24) is 15.6 Å². The predicted molar refractivity (Wildman–Crippen MR) is 132 cm³/mol. The van der Waals surface area contributed by atoms with Gasteiger partial charge >= 0.3 is 0 Å². The van der Waals surface area contributed by atoms with Crippen LogP contribution in [-0.2, 0) is 4.74 Å². The first-order valence-corrected chi connectivity index (χ1v) is 13.0. The summed E-state index contributed by atoms with van der Waals surface area (Å²) in [5, 5.41) is 22.7. The number of hydrogen-bond donors (Lipinski definition) is 3. The van der Waals surface area contributed by atoms with Crippen molar-refractivity contribution < 1.29 is 14.9 Å². The molecule has 0 amide bonds. The van der Waals surface area contributed by atoms with Gasteiger partial charge in [-0.1, -0.05) is 97.3 Å². The largest absolute Gasteiger partial charge is 0.395 e. The van der Waals surface area contributed by atoms with Crippen LogP contribution in [0.4, 0.5) is 0 Å². The molecule has 0 saturated heterocycles. The lowest BCUT2D eigenvalue weighted by molar-refractivity contribution is -0.0775. The Hall–Kier alpha value is -0.240. The second-order valence-corrected chi connectivity index (χ2v) is 9.57. The average Bonchev–Trinajstić information content (AvgIpc) is 2.72. The van der Waals surface area contributed by atoms with Gasteiger partial charge in [-0.25, -0.2) is 10.4 Å². The monoisotopic (exact) mass is 445 g/mol. The molecule has 0 saturated carbocycles. The van der Waals surface area contributed by atoms with Gasteiger partial charge in [0.2, 0.25) is 0 Å². The summed E-state index contributed by atoms with van der Waals surface area (Å²) < 4.78 is 5.63. The van der Waals surface area contributed by atoms with Crippen LogP contribution in [0.1, 0.15) is 104 Å². The summed E-state index contributed by atoms with van der Waals surface area (Å²) in [5.74, 6) is 0.867. The van der Waals surface area contributed by atoms with Gasteiger partial charge in [-0.3, -0.25) is 0 Å². The Morgan fingerprint density at radius 1 is 0.774 bits per heavy atom. The molecule has 6 nitrogen and oxygen atoms in total. The molecular weight excluding hydrogens is 390 g/mol. The Kier molecular flexibility index (Phi) is 22.8. The standard InChI is InChI=1S/C25H55N3O3/c1-24(2)18-16-14-12-10-8-6-5-7-9-11-13-15-17-21-31-23-25(30)22-28(27(3)4)26-19-20-29/h24-26,29-30H,5-23H2,1-4H3. The van der Waals surface area contributed by atoms with Crippen LogP contribution < -0.4 is 5.43 Å². The van der Waals surface area contributed by atoms with Crippen LogP contribution in [0.25, 0.3) is 0 Å². The molecule has 0 aliphatic carbocycles. The normalized spacial score (nSPS) is 13.1. The molecule has 188 valence electrons. The second-order valence-electron chi connectivity index (χ2n) is 9.57. The number of ether oxygens (including phenoxy) is 1. The fraction of sp³-hybridized carbons (Fsp3) is 1.00. The Balaban J connectivity index is 3.32. The van der Waals surface area contributed by atoms with Crippen molar-refractivity contribution >= 4 is 0 Å². The van der Waals surface area contributed by atoms with E-state index in [2.05, 4.69) is 19.3 Å². The summed E-state index contributed by atoms with van der Waals surface area (Å²) in [5.41, 5.74) is 3.05. The molecule has 0 heterocycles. The molecule has 1 unspecified atom stereocenters. The van der Waals surface area contributed by atoms with Crippen LogP contribution in [0.15, 0.2) is 0 Å². The van der Waals surface area contributed by atoms with Gasteiger partial charge in [0.25, 0.3) is 0 Å². The minimum atomic E-state index is -0.548. The van der Waals surface area contributed by atoms with E-state index in [0.29, 0.717) is 19.7 Å². The van der Waals surface area contributed by atoms with E-state index in [-0.39, 0.29) is 6.61 Å². The molecule has 0 aromatic rings. The molecule has 0 rings (SSSR count). The molecule has 0 aromatic heterocycles. The maximum atomic E-state index is 10.1. The predicted octanol–water partition coefficient (Wildman–Crippen LogP) is 4.76. The number of hydrogen-bond acceptors (Lipinski definition) is 6. The van der Waals surface area contributed by atoms with Gasteiger partial charge in [0, 0.05) is 27.2 Å². The molecule has 31 heavy (non-hydrogen) atoms. The van der Waals surface area contributed by atoms with E-state index in [1.807, 2.05) is 19.1 Å². The van der Waals surface area contributed by atoms with Crippen LogP contribution in [0.2, 0.25) is 0 Å². The third-order valence-electron chi connectivity index (χ3n) is 5.65. The number of unbranched alkanes of at least 4 members (excludes halogenated alkanes) is 12. The van der Waals surface area contributed by atoms with E-state index in [9.17, 15) is 5.11 Å². The molecule has 0 aliphatic rings. The number of aliphatic hydroxyl groups excluding tert-OH is 2. The molecule has 0 radical (unpaired) electrons. The first kappa shape index (κ1) is 30.8. The van der Waals surface area contributed by atoms with E-state index >= 15 is 0 Å². The summed E-state index contributed by atoms with van der Waals surface area (Å²) in [6.45, 7) is 6.68. The molecule has 0 aliphatic heterocycles. The van der Waals surface area contributed by atoms with Gasteiger partial charge < -0.3 is 14.9 Å². The molecule has 0 bridgehead atoms. The second kappa shape index (κ2) is 22.9. The molecule has 0 aromatic carbocycles. The highest BCUT2D eigenvalue weighted by Gasteiger charge is 2.13. The van der Waals surface area contributed by atoms with Crippen molar-refractivity contribution in [2.45, 2.75) is 110 Å².